The van der Waals surface area contributed by atoms with Crippen molar-refractivity contribution in [1.82, 2.24) is 4.31 Å². The minimum Gasteiger partial charge on any atom is -0.330 e. The summed E-state index contributed by atoms with van der Waals surface area (Å²) in [5.41, 5.74) is 8.20. The Bertz CT molecular complexity index is 618. The molecule has 0 aromatic heterocycles. The zero-order valence-corrected chi connectivity index (χ0v) is 13.9. The van der Waals surface area contributed by atoms with E-state index in [2.05, 4.69) is 0 Å². The molecule has 2 aliphatic rings. The minimum absolute atomic E-state index is 0. The summed E-state index contributed by atoms with van der Waals surface area (Å²) in [6.45, 7) is 3.08. The van der Waals surface area contributed by atoms with Crippen molar-refractivity contribution in [3.8, 4) is 0 Å². The molecule has 1 saturated heterocycles. The number of nitrogens with zero attached hydrogens (tertiary/aromatic N) is 1. The molecule has 0 amide bonds. The normalized spacial score (nSPS) is 25.6. The molecule has 4 nitrogen and oxygen atoms in total. The van der Waals surface area contributed by atoms with E-state index in [1.54, 1.807) is 10.4 Å². The fourth-order valence-corrected chi connectivity index (χ4v) is 5.23. The van der Waals surface area contributed by atoms with Gasteiger partial charge in [-0.2, -0.15) is 4.31 Å². The molecule has 0 bridgehead atoms. The van der Waals surface area contributed by atoms with E-state index < -0.39 is 10.0 Å². The Kier molecular flexibility index (Phi) is 4.98. The quantitative estimate of drug-likeness (QED) is 0.921. The molecule has 0 radical (unpaired) electrons. The number of nitrogens with two attached hydrogens (primary N) is 1. The Morgan fingerprint density at radius 1 is 1.29 bits per heavy atom. The molecule has 1 heterocycles. The minimum atomic E-state index is -3.37. The van der Waals surface area contributed by atoms with E-state index >= 15 is 0 Å². The van der Waals surface area contributed by atoms with Crippen molar-refractivity contribution in [2.24, 2.45) is 11.7 Å². The van der Waals surface area contributed by atoms with Gasteiger partial charge in [-0.05, 0) is 68.3 Å². The molecule has 1 fully saturated rings. The van der Waals surface area contributed by atoms with Gasteiger partial charge in [0.2, 0.25) is 10.0 Å². The largest absolute Gasteiger partial charge is 0.330 e. The molecule has 1 aliphatic carbocycles. The van der Waals surface area contributed by atoms with Gasteiger partial charge >= 0.3 is 0 Å². The third kappa shape index (κ3) is 2.97. The predicted molar refractivity (Wildman–Crippen MR) is 86.2 cm³/mol. The van der Waals surface area contributed by atoms with E-state index in [4.69, 9.17) is 5.73 Å². The maximum Gasteiger partial charge on any atom is 0.243 e. The van der Waals surface area contributed by atoms with E-state index in [1.165, 1.54) is 11.1 Å². The standard InChI is InChI=1S/C15H22N2O2S.ClH/c1-11-7-12(9-16)10-17(11)20(18,19)15-6-5-13-3-2-4-14(13)8-15;/h5-6,8,11-12H,2-4,7,9-10,16H2,1H3;1H. The van der Waals surface area contributed by atoms with Crippen LogP contribution in [0.1, 0.15) is 30.9 Å². The molecule has 0 spiro atoms. The highest BCUT2D eigenvalue weighted by atomic mass is 35.5. The summed E-state index contributed by atoms with van der Waals surface area (Å²) < 4.78 is 27.2. The molecule has 0 saturated carbocycles. The fourth-order valence-electron chi connectivity index (χ4n) is 3.46. The third-order valence-corrected chi connectivity index (χ3v) is 6.59. The molecule has 3 rings (SSSR count). The van der Waals surface area contributed by atoms with Crippen LogP contribution in [0, 0.1) is 5.92 Å². The highest BCUT2D eigenvalue weighted by Gasteiger charge is 2.37. The average Bonchev–Trinajstić information content (AvgIpc) is 3.03. The summed E-state index contributed by atoms with van der Waals surface area (Å²) in [7, 11) is -3.37. The smallest absolute Gasteiger partial charge is 0.243 e. The third-order valence-electron chi connectivity index (χ3n) is 4.61. The molecule has 1 aromatic carbocycles. The van der Waals surface area contributed by atoms with E-state index in [0.717, 1.165) is 25.7 Å². The van der Waals surface area contributed by atoms with Gasteiger partial charge < -0.3 is 5.73 Å². The van der Waals surface area contributed by atoms with Crippen LogP contribution in [-0.2, 0) is 22.9 Å². The van der Waals surface area contributed by atoms with Crippen LogP contribution in [0.5, 0.6) is 0 Å². The number of hydrogen-bond donors (Lipinski definition) is 1. The van der Waals surface area contributed by atoms with E-state index in [1.807, 2.05) is 19.1 Å². The van der Waals surface area contributed by atoms with Gasteiger partial charge in [-0.25, -0.2) is 8.42 Å². The number of rotatable bonds is 3. The summed E-state index contributed by atoms with van der Waals surface area (Å²) in [4.78, 5) is 0.447. The lowest BCUT2D eigenvalue weighted by Crippen LogP contribution is -2.34. The molecular formula is C15H23ClN2O2S. The highest BCUT2D eigenvalue weighted by Crippen LogP contribution is 2.31. The predicted octanol–water partition coefficient (Wildman–Crippen LogP) is 1.95. The van der Waals surface area contributed by atoms with Gasteiger partial charge in [0, 0.05) is 12.6 Å². The Hall–Kier alpha value is -0.620. The van der Waals surface area contributed by atoms with Crippen molar-refractivity contribution in [3.05, 3.63) is 29.3 Å². The lowest BCUT2D eigenvalue weighted by Gasteiger charge is -2.21. The zero-order valence-electron chi connectivity index (χ0n) is 12.3. The van der Waals surface area contributed by atoms with Crippen molar-refractivity contribution in [2.45, 2.75) is 43.5 Å². The summed E-state index contributed by atoms with van der Waals surface area (Å²) in [5.74, 6) is 0.286. The second-order valence-electron chi connectivity index (χ2n) is 6.05. The molecular weight excluding hydrogens is 308 g/mol. The maximum absolute atomic E-state index is 12.8. The highest BCUT2D eigenvalue weighted by molar-refractivity contribution is 7.89. The van der Waals surface area contributed by atoms with Gasteiger partial charge in [-0.3, -0.25) is 0 Å². The van der Waals surface area contributed by atoms with Crippen molar-refractivity contribution in [2.75, 3.05) is 13.1 Å². The summed E-state index contributed by atoms with van der Waals surface area (Å²) >= 11 is 0. The number of benzene rings is 1. The number of fused-ring (bicyclic) bond motifs is 1. The summed E-state index contributed by atoms with van der Waals surface area (Å²) in [6, 6.07) is 5.67. The number of halogens is 1. The van der Waals surface area contributed by atoms with Crippen molar-refractivity contribution in [1.29, 1.82) is 0 Å². The van der Waals surface area contributed by atoms with Crippen LogP contribution < -0.4 is 5.73 Å². The van der Waals surface area contributed by atoms with Gasteiger partial charge in [0.25, 0.3) is 0 Å². The molecule has 1 aliphatic heterocycles. The number of sulfonamides is 1. The van der Waals surface area contributed by atoms with E-state index in [0.29, 0.717) is 18.0 Å². The Labute approximate surface area is 133 Å². The van der Waals surface area contributed by atoms with Crippen molar-refractivity contribution >= 4 is 22.4 Å². The maximum atomic E-state index is 12.8. The SMILES string of the molecule is CC1CC(CN)CN1S(=O)(=O)c1ccc2c(c1)CCC2.Cl. The Morgan fingerprint density at radius 2 is 2.00 bits per heavy atom. The topological polar surface area (TPSA) is 63.4 Å². The van der Waals surface area contributed by atoms with Crippen LogP contribution in [0.4, 0.5) is 0 Å². The lowest BCUT2D eigenvalue weighted by molar-refractivity contribution is 0.404. The van der Waals surface area contributed by atoms with Gasteiger partial charge in [0.1, 0.15) is 0 Å². The summed E-state index contributed by atoms with van der Waals surface area (Å²) in [5, 5.41) is 0. The van der Waals surface area contributed by atoms with Crippen LogP contribution in [-0.4, -0.2) is 31.9 Å². The average molecular weight is 331 g/mol. The first-order valence-corrected chi connectivity index (χ1v) is 8.80. The lowest BCUT2D eigenvalue weighted by atomic mass is 10.1. The monoisotopic (exact) mass is 330 g/mol. The molecule has 6 heteroatoms. The summed E-state index contributed by atoms with van der Waals surface area (Å²) in [6.07, 6.45) is 4.07. The molecule has 2 unspecified atom stereocenters. The van der Waals surface area contributed by atoms with Gasteiger partial charge in [0.15, 0.2) is 0 Å². The van der Waals surface area contributed by atoms with Crippen molar-refractivity contribution < 1.29 is 8.42 Å². The second kappa shape index (κ2) is 6.24. The molecule has 21 heavy (non-hydrogen) atoms. The van der Waals surface area contributed by atoms with Crippen LogP contribution >= 0.6 is 12.4 Å². The first kappa shape index (κ1) is 16.7. The second-order valence-corrected chi connectivity index (χ2v) is 7.94. The van der Waals surface area contributed by atoms with Crippen LogP contribution in [0.15, 0.2) is 23.1 Å². The van der Waals surface area contributed by atoms with Crippen molar-refractivity contribution in [3.63, 3.8) is 0 Å². The molecule has 118 valence electrons. The van der Waals surface area contributed by atoms with Crippen LogP contribution in [0.3, 0.4) is 0 Å². The first-order valence-electron chi connectivity index (χ1n) is 7.36. The molecule has 2 N–H and O–H groups in total. The van der Waals surface area contributed by atoms with E-state index in [9.17, 15) is 8.42 Å². The van der Waals surface area contributed by atoms with Crippen LogP contribution in [0.25, 0.3) is 0 Å². The van der Waals surface area contributed by atoms with Gasteiger partial charge in [-0.1, -0.05) is 6.07 Å². The molecule has 2 atom stereocenters. The zero-order chi connectivity index (χ0) is 14.3. The van der Waals surface area contributed by atoms with Gasteiger partial charge in [-0.15, -0.1) is 12.4 Å². The Morgan fingerprint density at radius 3 is 2.67 bits per heavy atom. The number of hydrogen-bond acceptors (Lipinski definition) is 3. The fraction of sp³-hybridized carbons (Fsp3) is 0.600. The number of aryl methyl sites for hydroxylation is 2. The van der Waals surface area contributed by atoms with Gasteiger partial charge in [0.05, 0.1) is 4.90 Å². The molecule has 1 aromatic rings. The van der Waals surface area contributed by atoms with E-state index in [-0.39, 0.29) is 24.4 Å². The Balaban J connectivity index is 0.00000161. The van der Waals surface area contributed by atoms with Crippen LogP contribution in [0.2, 0.25) is 0 Å². The first-order chi connectivity index (χ1) is 9.52.